The Morgan fingerprint density at radius 2 is 1.84 bits per heavy atom. The number of halogens is 1. The minimum atomic E-state index is -0.239. The van der Waals surface area contributed by atoms with Gasteiger partial charge in [0.25, 0.3) is 0 Å². The average Bonchev–Trinajstić information content (AvgIpc) is 2.40. The highest BCUT2D eigenvalue weighted by molar-refractivity contribution is 5.18. The zero-order valence-electron chi connectivity index (χ0n) is 11.9. The molecule has 0 saturated heterocycles. The summed E-state index contributed by atoms with van der Waals surface area (Å²) in [5.74, 6) is 4.83. The van der Waals surface area contributed by atoms with Crippen LogP contribution in [0.2, 0.25) is 0 Å². The van der Waals surface area contributed by atoms with Gasteiger partial charge in [-0.3, -0.25) is 11.3 Å². The van der Waals surface area contributed by atoms with Crippen LogP contribution in [0.1, 0.15) is 25.6 Å². The van der Waals surface area contributed by atoms with E-state index in [1.165, 1.54) is 12.1 Å². The second kappa shape index (κ2) is 10.8. The standard InChI is InChI=1S/C8H11FN2.C5H15N3/c1-11-8(10)6-2-4-7(9)5-3-6;1-3-7-5(2)4-8-6/h2-5,8,11H,10H2,1H3;5,7-8H,3-4,6H2,1-2H3. The van der Waals surface area contributed by atoms with Crippen LogP contribution in [-0.4, -0.2) is 26.2 Å². The number of hydrazine groups is 1. The molecule has 0 aliphatic rings. The molecule has 1 rings (SSSR count). The molecule has 110 valence electrons. The van der Waals surface area contributed by atoms with E-state index < -0.39 is 0 Å². The maximum absolute atomic E-state index is 12.4. The Morgan fingerprint density at radius 3 is 2.26 bits per heavy atom. The molecule has 0 bridgehead atoms. The van der Waals surface area contributed by atoms with Crippen molar-refractivity contribution in [2.75, 3.05) is 20.1 Å². The quantitative estimate of drug-likeness (QED) is 0.294. The van der Waals surface area contributed by atoms with Crippen LogP contribution in [0.25, 0.3) is 0 Å². The Balaban J connectivity index is 0.000000362. The normalized spacial score (nSPS) is 13.4. The van der Waals surface area contributed by atoms with Gasteiger partial charge in [0.15, 0.2) is 0 Å². The number of hydrogen-bond acceptors (Lipinski definition) is 5. The number of benzene rings is 1. The molecule has 0 aromatic heterocycles. The third-order valence-electron chi connectivity index (χ3n) is 2.52. The second-order valence-electron chi connectivity index (χ2n) is 4.18. The van der Waals surface area contributed by atoms with Crippen LogP contribution in [-0.2, 0) is 0 Å². The predicted molar refractivity (Wildman–Crippen MR) is 77.7 cm³/mol. The van der Waals surface area contributed by atoms with Crippen molar-refractivity contribution >= 4 is 0 Å². The first-order valence-corrected chi connectivity index (χ1v) is 6.40. The van der Waals surface area contributed by atoms with Gasteiger partial charge in [-0.25, -0.2) is 4.39 Å². The SMILES string of the molecule is CCNC(C)CNN.CNC(N)c1ccc(F)cc1. The van der Waals surface area contributed by atoms with Gasteiger partial charge in [0, 0.05) is 12.6 Å². The van der Waals surface area contributed by atoms with Gasteiger partial charge < -0.3 is 16.4 Å². The van der Waals surface area contributed by atoms with Crippen LogP contribution in [0.15, 0.2) is 24.3 Å². The van der Waals surface area contributed by atoms with Crippen LogP contribution in [0.4, 0.5) is 4.39 Å². The molecule has 5 nitrogen and oxygen atoms in total. The Hall–Kier alpha value is -1.05. The minimum absolute atomic E-state index is 0.212. The monoisotopic (exact) mass is 271 g/mol. The molecule has 6 heteroatoms. The lowest BCUT2D eigenvalue weighted by atomic mass is 10.2. The van der Waals surface area contributed by atoms with Crippen molar-refractivity contribution in [2.24, 2.45) is 11.6 Å². The van der Waals surface area contributed by atoms with Crippen LogP contribution < -0.4 is 27.6 Å². The molecular weight excluding hydrogens is 245 g/mol. The first kappa shape index (κ1) is 17.9. The zero-order valence-corrected chi connectivity index (χ0v) is 11.9. The van der Waals surface area contributed by atoms with Crippen LogP contribution in [0, 0.1) is 5.82 Å². The summed E-state index contributed by atoms with van der Waals surface area (Å²) >= 11 is 0. The molecule has 1 aromatic rings. The van der Waals surface area contributed by atoms with Crippen molar-refractivity contribution in [3.63, 3.8) is 0 Å². The number of rotatable bonds is 6. The molecule has 0 aliphatic heterocycles. The lowest BCUT2D eigenvalue weighted by Gasteiger charge is -2.09. The molecular formula is C13H26FN5. The van der Waals surface area contributed by atoms with Gasteiger partial charge in [0.1, 0.15) is 5.82 Å². The molecule has 0 saturated carbocycles. The lowest BCUT2D eigenvalue weighted by Crippen LogP contribution is -2.38. The zero-order chi connectivity index (χ0) is 14.7. The molecule has 1 aromatic carbocycles. The summed E-state index contributed by atoms with van der Waals surface area (Å²) in [6, 6.07) is 6.59. The van der Waals surface area contributed by atoms with E-state index in [9.17, 15) is 4.39 Å². The maximum Gasteiger partial charge on any atom is 0.123 e. The predicted octanol–water partition coefficient (Wildman–Crippen LogP) is 0.450. The molecule has 0 fully saturated rings. The van der Waals surface area contributed by atoms with E-state index in [1.54, 1.807) is 19.2 Å². The van der Waals surface area contributed by atoms with Gasteiger partial charge >= 0.3 is 0 Å². The molecule has 2 unspecified atom stereocenters. The first-order valence-electron chi connectivity index (χ1n) is 6.40. The third kappa shape index (κ3) is 8.63. The Morgan fingerprint density at radius 1 is 1.26 bits per heavy atom. The highest BCUT2D eigenvalue weighted by Gasteiger charge is 2.00. The van der Waals surface area contributed by atoms with E-state index in [0.717, 1.165) is 18.7 Å². The fraction of sp³-hybridized carbons (Fsp3) is 0.538. The van der Waals surface area contributed by atoms with Gasteiger partial charge in [-0.1, -0.05) is 19.1 Å². The molecule has 0 aliphatic carbocycles. The van der Waals surface area contributed by atoms with Crippen LogP contribution >= 0.6 is 0 Å². The van der Waals surface area contributed by atoms with Crippen molar-refractivity contribution in [2.45, 2.75) is 26.1 Å². The van der Waals surface area contributed by atoms with Gasteiger partial charge in [0.05, 0.1) is 6.17 Å². The maximum atomic E-state index is 12.4. The third-order valence-corrected chi connectivity index (χ3v) is 2.52. The highest BCUT2D eigenvalue weighted by Crippen LogP contribution is 2.07. The smallest absolute Gasteiger partial charge is 0.123 e. The fourth-order valence-corrected chi connectivity index (χ4v) is 1.43. The summed E-state index contributed by atoms with van der Waals surface area (Å²) in [4.78, 5) is 0. The highest BCUT2D eigenvalue weighted by atomic mass is 19.1. The summed E-state index contributed by atoms with van der Waals surface area (Å²) in [7, 11) is 1.76. The summed E-state index contributed by atoms with van der Waals surface area (Å²) in [5.41, 5.74) is 9.08. The van der Waals surface area contributed by atoms with Crippen LogP contribution in [0.3, 0.4) is 0 Å². The van der Waals surface area contributed by atoms with E-state index in [-0.39, 0.29) is 12.0 Å². The number of nitrogens with two attached hydrogens (primary N) is 2. The van der Waals surface area contributed by atoms with Crippen molar-refractivity contribution < 1.29 is 4.39 Å². The molecule has 0 radical (unpaired) electrons. The van der Waals surface area contributed by atoms with Crippen molar-refractivity contribution in [1.29, 1.82) is 0 Å². The number of nitrogens with one attached hydrogen (secondary N) is 3. The second-order valence-corrected chi connectivity index (χ2v) is 4.18. The summed E-state index contributed by atoms with van der Waals surface area (Å²) < 4.78 is 12.4. The summed E-state index contributed by atoms with van der Waals surface area (Å²) in [5, 5.41) is 6.06. The van der Waals surface area contributed by atoms with Gasteiger partial charge in [-0.2, -0.15) is 0 Å². The summed E-state index contributed by atoms with van der Waals surface area (Å²) in [6.45, 7) is 5.99. The largest absolute Gasteiger partial charge is 0.313 e. The molecule has 0 spiro atoms. The van der Waals surface area contributed by atoms with Crippen LogP contribution in [0.5, 0.6) is 0 Å². The van der Waals surface area contributed by atoms with Crippen molar-refractivity contribution in [1.82, 2.24) is 16.1 Å². The first-order chi connectivity index (χ1) is 9.04. The molecule has 2 atom stereocenters. The fourth-order valence-electron chi connectivity index (χ4n) is 1.43. The van der Waals surface area contributed by atoms with E-state index in [0.29, 0.717) is 6.04 Å². The van der Waals surface area contributed by atoms with E-state index >= 15 is 0 Å². The average molecular weight is 271 g/mol. The Kier molecular flexibility index (Phi) is 10.2. The van der Waals surface area contributed by atoms with E-state index in [1.807, 2.05) is 0 Å². The molecule has 19 heavy (non-hydrogen) atoms. The Bertz CT molecular complexity index is 311. The van der Waals surface area contributed by atoms with E-state index in [4.69, 9.17) is 11.6 Å². The topological polar surface area (TPSA) is 88.1 Å². The molecule has 7 N–H and O–H groups in total. The van der Waals surface area contributed by atoms with E-state index in [2.05, 4.69) is 29.9 Å². The van der Waals surface area contributed by atoms with Gasteiger partial charge in [0.2, 0.25) is 0 Å². The molecule has 0 amide bonds. The van der Waals surface area contributed by atoms with Crippen molar-refractivity contribution in [3.8, 4) is 0 Å². The van der Waals surface area contributed by atoms with Crippen molar-refractivity contribution in [3.05, 3.63) is 35.6 Å². The summed E-state index contributed by atoms with van der Waals surface area (Å²) in [6.07, 6.45) is -0.212. The minimum Gasteiger partial charge on any atom is -0.313 e. The lowest BCUT2D eigenvalue weighted by molar-refractivity contribution is 0.524. The van der Waals surface area contributed by atoms with Gasteiger partial charge in [-0.15, -0.1) is 0 Å². The number of likely N-dealkylation sites (N-methyl/N-ethyl adjacent to an activating group) is 1. The number of hydrogen-bond donors (Lipinski definition) is 5. The Labute approximate surface area is 114 Å². The van der Waals surface area contributed by atoms with Gasteiger partial charge in [-0.05, 0) is 38.2 Å². The molecule has 0 heterocycles.